The number of imide groups is 1. The normalized spacial score (nSPS) is 16.5. The maximum atomic E-state index is 12.9. The standard InChI is InChI=1S/C29H33N3O6S/c1-4-37-24-15-21(9-11-23(24)38-18-26(33)30-22-10-8-19(2)14-20(22)3)16-25-28(35)32(29(36)39-25)17-27(34)31-12-6-5-7-13-31/h8-11,14-16H,4-7,12-13,17-18H2,1-3H3,(H,30,33)/b25-16-. The zero-order valence-corrected chi connectivity index (χ0v) is 23.3. The summed E-state index contributed by atoms with van der Waals surface area (Å²) in [6.45, 7) is 6.97. The number of aryl methyl sites for hydroxylation is 2. The molecule has 0 aromatic heterocycles. The highest BCUT2D eigenvalue weighted by molar-refractivity contribution is 8.18. The molecule has 2 aromatic rings. The number of likely N-dealkylation sites (tertiary alicyclic amines) is 1. The van der Waals surface area contributed by atoms with Gasteiger partial charge >= 0.3 is 0 Å². The van der Waals surface area contributed by atoms with Crippen LogP contribution in [0.3, 0.4) is 0 Å². The number of amides is 4. The number of hydrogen-bond donors (Lipinski definition) is 1. The minimum atomic E-state index is -0.489. The fourth-order valence-electron chi connectivity index (χ4n) is 4.45. The molecule has 0 bridgehead atoms. The second kappa shape index (κ2) is 12.8. The van der Waals surface area contributed by atoms with Gasteiger partial charge in [-0.1, -0.05) is 23.8 Å². The van der Waals surface area contributed by atoms with Crippen molar-refractivity contribution in [3.05, 3.63) is 58.0 Å². The third-order valence-electron chi connectivity index (χ3n) is 6.46. The molecule has 206 valence electrons. The van der Waals surface area contributed by atoms with E-state index in [1.165, 1.54) is 0 Å². The number of ether oxygens (including phenoxy) is 2. The number of benzene rings is 2. The maximum Gasteiger partial charge on any atom is 0.294 e. The first kappa shape index (κ1) is 28.2. The smallest absolute Gasteiger partial charge is 0.294 e. The van der Waals surface area contributed by atoms with Crippen molar-refractivity contribution in [3.63, 3.8) is 0 Å². The van der Waals surface area contributed by atoms with Crippen molar-refractivity contribution in [3.8, 4) is 11.5 Å². The highest BCUT2D eigenvalue weighted by atomic mass is 32.2. The molecule has 39 heavy (non-hydrogen) atoms. The van der Waals surface area contributed by atoms with Crippen LogP contribution in [0.1, 0.15) is 42.9 Å². The molecule has 0 saturated carbocycles. The summed E-state index contributed by atoms with van der Waals surface area (Å²) in [5.74, 6) is -0.215. The summed E-state index contributed by atoms with van der Waals surface area (Å²) < 4.78 is 11.4. The molecular formula is C29H33N3O6S. The van der Waals surface area contributed by atoms with Crippen LogP contribution in [0.5, 0.6) is 11.5 Å². The Morgan fingerprint density at radius 3 is 2.49 bits per heavy atom. The number of carbonyl (C=O) groups excluding carboxylic acids is 4. The molecule has 2 heterocycles. The molecule has 2 saturated heterocycles. The number of anilines is 1. The van der Waals surface area contributed by atoms with Crippen LogP contribution in [0.4, 0.5) is 10.5 Å². The lowest BCUT2D eigenvalue weighted by Gasteiger charge is -2.27. The number of nitrogens with zero attached hydrogens (tertiary/aromatic N) is 2. The van der Waals surface area contributed by atoms with Crippen LogP contribution in [0, 0.1) is 13.8 Å². The molecule has 2 aliphatic rings. The van der Waals surface area contributed by atoms with Crippen molar-refractivity contribution in [2.75, 3.05) is 38.2 Å². The van der Waals surface area contributed by atoms with Crippen molar-refractivity contribution >= 4 is 46.5 Å². The maximum absolute atomic E-state index is 12.9. The van der Waals surface area contributed by atoms with Gasteiger partial charge in [-0.3, -0.25) is 24.1 Å². The van der Waals surface area contributed by atoms with Crippen molar-refractivity contribution in [1.82, 2.24) is 9.80 Å². The van der Waals surface area contributed by atoms with Crippen LogP contribution in [0.15, 0.2) is 41.3 Å². The second-order valence-electron chi connectivity index (χ2n) is 9.50. The van der Waals surface area contributed by atoms with Gasteiger partial charge in [0.05, 0.1) is 11.5 Å². The summed E-state index contributed by atoms with van der Waals surface area (Å²) in [5.41, 5.74) is 3.42. The molecule has 2 fully saturated rings. The summed E-state index contributed by atoms with van der Waals surface area (Å²) in [6.07, 6.45) is 4.55. The van der Waals surface area contributed by atoms with E-state index < -0.39 is 11.1 Å². The molecule has 0 unspecified atom stereocenters. The molecule has 2 aliphatic heterocycles. The minimum Gasteiger partial charge on any atom is -0.490 e. The van der Waals surface area contributed by atoms with Gasteiger partial charge in [0.2, 0.25) is 5.91 Å². The second-order valence-corrected chi connectivity index (χ2v) is 10.5. The zero-order chi connectivity index (χ0) is 27.9. The van der Waals surface area contributed by atoms with Crippen molar-refractivity contribution in [2.24, 2.45) is 0 Å². The molecule has 2 aromatic carbocycles. The zero-order valence-electron chi connectivity index (χ0n) is 22.5. The Kier molecular flexibility index (Phi) is 9.29. The third-order valence-corrected chi connectivity index (χ3v) is 7.36. The molecule has 0 aliphatic carbocycles. The monoisotopic (exact) mass is 551 g/mol. The van der Waals surface area contributed by atoms with Crippen LogP contribution in [0.25, 0.3) is 6.08 Å². The SMILES string of the molecule is CCOc1cc(/C=C2\SC(=O)N(CC(=O)N3CCCCC3)C2=O)ccc1OCC(=O)Nc1ccc(C)cc1C. The van der Waals surface area contributed by atoms with Gasteiger partial charge < -0.3 is 19.7 Å². The average Bonchev–Trinajstić information content (AvgIpc) is 3.17. The lowest BCUT2D eigenvalue weighted by molar-refractivity contribution is -0.136. The van der Waals surface area contributed by atoms with E-state index >= 15 is 0 Å². The van der Waals surface area contributed by atoms with E-state index in [0.29, 0.717) is 36.8 Å². The van der Waals surface area contributed by atoms with Crippen molar-refractivity contribution in [2.45, 2.75) is 40.0 Å². The lowest BCUT2D eigenvalue weighted by atomic mass is 10.1. The van der Waals surface area contributed by atoms with Crippen LogP contribution in [-0.2, 0) is 14.4 Å². The number of piperidine rings is 1. The Labute approximate surface area is 232 Å². The lowest BCUT2D eigenvalue weighted by Crippen LogP contribution is -2.44. The molecular weight excluding hydrogens is 518 g/mol. The quantitative estimate of drug-likeness (QED) is 0.448. The number of nitrogens with one attached hydrogen (secondary N) is 1. The molecule has 0 radical (unpaired) electrons. The Bertz CT molecular complexity index is 1300. The van der Waals surface area contributed by atoms with Gasteiger partial charge in [0, 0.05) is 18.8 Å². The van der Waals surface area contributed by atoms with Gasteiger partial charge in [-0.05, 0) is 87.2 Å². The molecule has 4 amide bonds. The summed E-state index contributed by atoms with van der Waals surface area (Å²) in [5, 5.41) is 2.39. The number of hydrogen-bond acceptors (Lipinski definition) is 7. The Morgan fingerprint density at radius 1 is 1.00 bits per heavy atom. The van der Waals surface area contributed by atoms with Crippen LogP contribution in [-0.4, -0.2) is 65.6 Å². The molecule has 9 nitrogen and oxygen atoms in total. The fraction of sp³-hybridized carbons (Fsp3) is 0.379. The molecule has 0 spiro atoms. The Morgan fingerprint density at radius 2 is 1.77 bits per heavy atom. The van der Waals surface area contributed by atoms with Gasteiger partial charge in [-0.25, -0.2) is 0 Å². The van der Waals surface area contributed by atoms with Gasteiger partial charge in [-0.15, -0.1) is 0 Å². The molecule has 4 rings (SSSR count). The van der Waals surface area contributed by atoms with E-state index in [-0.39, 0.29) is 29.9 Å². The highest BCUT2D eigenvalue weighted by Gasteiger charge is 2.37. The van der Waals surface area contributed by atoms with E-state index in [4.69, 9.17) is 9.47 Å². The summed E-state index contributed by atoms with van der Waals surface area (Å²) in [4.78, 5) is 53.5. The van der Waals surface area contributed by atoms with Gasteiger partial charge in [0.1, 0.15) is 6.54 Å². The average molecular weight is 552 g/mol. The minimum absolute atomic E-state index is 0.208. The van der Waals surface area contributed by atoms with Crippen molar-refractivity contribution in [1.29, 1.82) is 0 Å². The van der Waals surface area contributed by atoms with E-state index in [1.54, 1.807) is 29.2 Å². The molecule has 1 N–H and O–H groups in total. The predicted molar refractivity (Wildman–Crippen MR) is 151 cm³/mol. The van der Waals surface area contributed by atoms with Gasteiger partial charge in [0.15, 0.2) is 18.1 Å². The van der Waals surface area contributed by atoms with E-state index in [2.05, 4.69) is 5.32 Å². The summed E-state index contributed by atoms with van der Waals surface area (Å²) in [6, 6.07) is 10.8. The van der Waals surface area contributed by atoms with Crippen LogP contribution >= 0.6 is 11.8 Å². The fourth-order valence-corrected chi connectivity index (χ4v) is 5.29. The Balaban J connectivity index is 1.41. The Hall–Kier alpha value is -3.79. The third kappa shape index (κ3) is 7.20. The van der Waals surface area contributed by atoms with Gasteiger partial charge in [0.25, 0.3) is 17.1 Å². The first-order valence-electron chi connectivity index (χ1n) is 13.0. The van der Waals surface area contributed by atoms with E-state index in [0.717, 1.165) is 52.7 Å². The number of carbonyl (C=O) groups is 4. The first-order valence-corrected chi connectivity index (χ1v) is 13.9. The summed E-state index contributed by atoms with van der Waals surface area (Å²) in [7, 11) is 0. The van der Waals surface area contributed by atoms with Gasteiger partial charge in [-0.2, -0.15) is 0 Å². The van der Waals surface area contributed by atoms with E-state index in [1.807, 2.05) is 39.0 Å². The largest absolute Gasteiger partial charge is 0.490 e. The van der Waals surface area contributed by atoms with Crippen LogP contribution < -0.4 is 14.8 Å². The summed E-state index contributed by atoms with van der Waals surface area (Å²) >= 11 is 0.808. The first-order chi connectivity index (χ1) is 18.7. The topological polar surface area (TPSA) is 105 Å². The van der Waals surface area contributed by atoms with Crippen LogP contribution in [0.2, 0.25) is 0 Å². The van der Waals surface area contributed by atoms with E-state index in [9.17, 15) is 19.2 Å². The highest BCUT2D eigenvalue weighted by Crippen LogP contribution is 2.35. The predicted octanol–water partition coefficient (Wildman–Crippen LogP) is 4.77. The number of thioether (sulfide) groups is 1. The molecule has 0 atom stereocenters. The van der Waals surface area contributed by atoms with Crippen molar-refractivity contribution < 1.29 is 28.7 Å². The molecule has 10 heteroatoms. The number of rotatable bonds is 9.